The lowest BCUT2D eigenvalue weighted by Crippen LogP contribution is -2.10. The van der Waals surface area contributed by atoms with Gasteiger partial charge in [0.25, 0.3) is 0 Å². The SMILES string of the molecule is CN(C)c1cccc(NCc2ncnn2C)c1. The van der Waals surface area contributed by atoms with Crippen LogP contribution in [0.25, 0.3) is 0 Å². The lowest BCUT2D eigenvalue weighted by molar-refractivity contribution is 0.712. The van der Waals surface area contributed by atoms with Crippen LogP contribution in [0, 0.1) is 0 Å². The first kappa shape index (κ1) is 11.4. The van der Waals surface area contributed by atoms with E-state index in [1.807, 2.05) is 33.3 Å². The first-order valence-corrected chi connectivity index (χ1v) is 5.51. The minimum atomic E-state index is 0.674. The number of benzene rings is 1. The third kappa shape index (κ3) is 2.75. The van der Waals surface area contributed by atoms with E-state index in [-0.39, 0.29) is 0 Å². The van der Waals surface area contributed by atoms with Gasteiger partial charge in [-0.25, -0.2) is 4.98 Å². The Kier molecular flexibility index (Phi) is 3.27. The van der Waals surface area contributed by atoms with Gasteiger partial charge in [0.2, 0.25) is 0 Å². The summed E-state index contributed by atoms with van der Waals surface area (Å²) in [6.07, 6.45) is 1.56. The fourth-order valence-electron chi connectivity index (χ4n) is 1.56. The zero-order chi connectivity index (χ0) is 12.3. The molecule has 0 saturated heterocycles. The van der Waals surface area contributed by atoms with Crippen molar-refractivity contribution in [2.75, 3.05) is 24.3 Å². The van der Waals surface area contributed by atoms with Gasteiger partial charge in [0, 0.05) is 32.5 Å². The quantitative estimate of drug-likeness (QED) is 0.866. The molecule has 17 heavy (non-hydrogen) atoms. The highest BCUT2D eigenvalue weighted by atomic mass is 15.3. The van der Waals surface area contributed by atoms with Gasteiger partial charge in [-0.15, -0.1) is 0 Å². The van der Waals surface area contributed by atoms with Crippen molar-refractivity contribution in [2.24, 2.45) is 7.05 Å². The van der Waals surface area contributed by atoms with Gasteiger partial charge in [-0.1, -0.05) is 6.07 Å². The molecule has 0 unspecified atom stereocenters. The van der Waals surface area contributed by atoms with E-state index in [2.05, 4.69) is 32.4 Å². The first-order chi connectivity index (χ1) is 8.16. The second kappa shape index (κ2) is 4.86. The van der Waals surface area contributed by atoms with Crippen LogP contribution >= 0.6 is 0 Å². The highest BCUT2D eigenvalue weighted by molar-refractivity contribution is 5.57. The van der Waals surface area contributed by atoms with Gasteiger partial charge in [0.05, 0.1) is 6.54 Å². The number of aromatic nitrogens is 3. The largest absolute Gasteiger partial charge is 0.378 e. The number of hydrogen-bond acceptors (Lipinski definition) is 4. The summed E-state index contributed by atoms with van der Waals surface area (Å²) in [5.41, 5.74) is 2.26. The third-order valence-electron chi connectivity index (χ3n) is 2.62. The molecular weight excluding hydrogens is 214 g/mol. The minimum Gasteiger partial charge on any atom is -0.378 e. The number of aryl methyl sites for hydroxylation is 1. The Labute approximate surface area is 101 Å². The van der Waals surface area contributed by atoms with Gasteiger partial charge in [0.15, 0.2) is 0 Å². The van der Waals surface area contributed by atoms with E-state index in [1.54, 1.807) is 11.0 Å². The number of rotatable bonds is 4. The monoisotopic (exact) mass is 231 g/mol. The van der Waals surface area contributed by atoms with E-state index in [0.717, 1.165) is 11.5 Å². The summed E-state index contributed by atoms with van der Waals surface area (Å²) in [4.78, 5) is 6.24. The van der Waals surface area contributed by atoms with E-state index in [9.17, 15) is 0 Å². The molecule has 5 nitrogen and oxygen atoms in total. The molecule has 0 atom stereocenters. The molecule has 0 aliphatic carbocycles. The lowest BCUT2D eigenvalue weighted by atomic mass is 10.2. The zero-order valence-electron chi connectivity index (χ0n) is 10.4. The van der Waals surface area contributed by atoms with Crippen LogP contribution < -0.4 is 10.2 Å². The van der Waals surface area contributed by atoms with Crippen molar-refractivity contribution in [3.05, 3.63) is 36.4 Å². The van der Waals surface area contributed by atoms with Crippen molar-refractivity contribution >= 4 is 11.4 Å². The summed E-state index contributed by atoms with van der Waals surface area (Å²) >= 11 is 0. The molecule has 2 aromatic rings. The van der Waals surface area contributed by atoms with Crippen molar-refractivity contribution in [3.8, 4) is 0 Å². The van der Waals surface area contributed by atoms with Crippen molar-refractivity contribution in [2.45, 2.75) is 6.54 Å². The van der Waals surface area contributed by atoms with Crippen molar-refractivity contribution < 1.29 is 0 Å². The summed E-state index contributed by atoms with van der Waals surface area (Å²) in [7, 11) is 5.95. The molecule has 0 fully saturated rings. The fourth-order valence-corrected chi connectivity index (χ4v) is 1.56. The van der Waals surface area contributed by atoms with Crippen LogP contribution in [-0.4, -0.2) is 28.9 Å². The van der Waals surface area contributed by atoms with Crippen LogP contribution in [0.5, 0.6) is 0 Å². The highest BCUT2D eigenvalue weighted by Gasteiger charge is 2.01. The molecule has 1 N–H and O–H groups in total. The summed E-state index contributed by atoms with van der Waals surface area (Å²) in [6.45, 7) is 0.674. The molecule has 0 aliphatic heterocycles. The Hall–Kier alpha value is -2.04. The average Bonchev–Trinajstić information content (AvgIpc) is 2.72. The first-order valence-electron chi connectivity index (χ1n) is 5.51. The smallest absolute Gasteiger partial charge is 0.145 e. The van der Waals surface area contributed by atoms with Gasteiger partial charge >= 0.3 is 0 Å². The summed E-state index contributed by atoms with van der Waals surface area (Å²) in [5.74, 6) is 0.917. The summed E-state index contributed by atoms with van der Waals surface area (Å²) in [5, 5.41) is 7.37. The Balaban J connectivity index is 2.04. The second-order valence-corrected chi connectivity index (χ2v) is 4.10. The van der Waals surface area contributed by atoms with E-state index < -0.39 is 0 Å². The van der Waals surface area contributed by atoms with Crippen LogP contribution in [0.3, 0.4) is 0 Å². The topological polar surface area (TPSA) is 46.0 Å². The standard InChI is InChI=1S/C12H17N5/c1-16(2)11-6-4-5-10(7-11)13-8-12-14-9-15-17(12)3/h4-7,9,13H,8H2,1-3H3. The maximum absolute atomic E-state index is 4.17. The van der Waals surface area contributed by atoms with Crippen LogP contribution in [-0.2, 0) is 13.6 Å². The molecular formula is C12H17N5. The predicted molar refractivity (Wildman–Crippen MR) is 69.1 cm³/mol. The maximum Gasteiger partial charge on any atom is 0.145 e. The number of anilines is 2. The molecule has 90 valence electrons. The van der Waals surface area contributed by atoms with E-state index in [1.165, 1.54) is 5.69 Å². The molecule has 1 aromatic carbocycles. The molecule has 5 heteroatoms. The molecule has 0 bridgehead atoms. The average molecular weight is 231 g/mol. The van der Waals surface area contributed by atoms with Gasteiger partial charge in [-0.3, -0.25) is 4.68 Å². The van der Waals surface area contributed by atoms with Crippen LogP contribution in [0.2, 0.25) is 0 Å². The molecule has 1 heterocycles. The Morgan fingerprint density at radius 3 is 2.82 bits per heavy atom. The van der Waals surface area contributed by atoms with Crippen LogP contribution in [0.4, 0.5) is 11.4 Å². The van der Waals surface area contributed by atoms with Crippen molar-refractivity contribution in [1.29, 1.82) is 0 Å². The normalized spacial score (nSPS) is 10.3. The third-order valence-corrected chi connectivity index (χ3v) is 2.62. The van der Waals surface area contributed by atoms with Gasteiger partial charge in [-0.05, 0) is 18.2 Å². The molecule has 0 aliphatic rings. The minimum absolute atomic E-state index is 0.674. The van der Waals surface area contributed by atoms with Crippen molar-refractivity contribution in [1.82, 2.24) is 14.8 Å². The van der Waals surface area contributed by atoms with Gasteiger partial charge in [-0.2, -0.15) is 5.10 Å². The maximum atomic E-state index is 4.17. The Morgan fingerprint density at radius 1 is 1.35 bits per heavy atom. The molecule has 0 radical (unpaired) electrons. The van der Waals surface area contributed by atoms with Crippen LogP contribution in [0.1, 0.15) is 5.82 Å². The van der Waals surface area contributed by atoms with E-state index >= 15 is 0 Å². The Morgan fingerprint density at radius 2 is 2.18 bits per heavy atom. The molecule has 0 amide bonds. The van der Waals surface area contributed by atoms with Crippen LogP contribution in [0.15, 0.2) is 30.6 Å². The lowest BCUT2D eigenvalue weighted by Gasteiger charge is -2.14. The zero-order valence-corrected chi connectivity index (χ0v) is 10.4. The molecule has 2 rings (SSSR count). The fraction of sp³-hybridized carbons (Fsp3) is 0.333. The number of hydrogen-bond donors (Lipinski definition) is 1. The molecule has 0 spiro atoms. The van der Waals surface area contributed by atoms with E-state index in [4.69, 9.17) is 0 Å². The predicted octanol–water partition coefficient (Wildman–Crippen LogP) is 1.49. The Bertz CT molecular complexity index is 489. The molecule has 1 aromatic heterocycles. The number of nitrogens with zero attached hydrogens (tertiary/aromatic N) is 4. The van der Waals surface area contributed by atoms with Gasteiger partial charge < -0.3 is 10.2 Å². The highest BCUT2D eigenvalue weighted by Crippen LogP contribution is 2.17. The van der Waals surface area contributed by atoms with Crippen molar-refractivity contribution in [3.63, 3.8) is 0 Å². The van der Waals surface area contributed by atoms with E-state index in [0.29, 0.717) is 6.54 Å². The van der Waals surface area contributed by atoms with Gasteiger partial charge in [0.1, 0.15) is 12.2 Å². The molecule has 0 saturated carbocycles. The summed E-state index contributed by atoms with van der Waals surface area (Å²) in [6, 6.07) is 8.27. The number of nitrogens with one attached hydrogen (secondary N) is 1. The second-order valence-electron chi connectivity index (χ2n) is 4.10. The summed E-state index contributed by atoms with van der Waals surface area (Å²) < 4.78 is 1.77.